The fourth-order valence-corrected chi connectivity index (χ4v) is 1.89. The van der Waals surface area contributed by atoms with Gasteiger partial charge in [-0.15, -0.1) is 0 Å². The number of benzene rings is 1. The molecule has 2 rings (SSSR count). The first-order valence-corrected chi connectivity index (χ1v) is 6.11. The Morgan fingerprint density at radius 3 is 2.82 bits per heavy atom. The largest absolute Gasteiger partial charge is 0.471 e. The van der Waals surface area contributed by atoms with Crippen LogP contribution >= 0.6 is 27.5 Å². The van der Waals surface area contributed by atoms with Crippen LogP contribution in [0.4, 0.5) is 5.69 Å². The predicted octanol–water partition coefficient (Wildman–Crippen LogP) is 3.66. The van der Waals surface area contributed by atoms with Gasteiger partial charge in [0.05, 0.1) is 10.7 Å². The summed E-state index contributed by atoms with van der Waals surface area (Å²) in [6.07, 6.45) is 1.51. The summed E-state index contributed by atoms with van der Waals surface area (Å²) in [6.45, 7) is 0.403. The molecule has 0 aliphatic heterocycles. The first kappa shape index (κ1) is 12.2. The molecule has 5 heteroatoms. The first-order chi connectivity index (χ1) is 8.16. The molecule has 0 atom stereocenters. The molecule has 0 unspecified atom stereocenters. The topological polar surface area (TPSA) is 48.1 Å². The highest BCUT2D eigenvalue weighted by Gasteiger charge is 2.05. The molecule has 2 aromatic rings. The van der Waals surface area contributed by atoms with Gasteiger partial charge in [0.25, 0.3) is 0 Å². The number of rotatable bonds is 3. The zero-order chi connectivity index (χ0) is 12.3. The highest BCUT2D eigenvalue weighted by atomic mass is 79.9. The smallest absolute Gasteiger partial charge is 0.237 e. The number of nitrogen functional groups attached to an aromatic ring is 1. The maximum Gasteiger partial charge on any atom is 0.237 e. The van der Waals surface area contributed by atoms with Crippen molar-refractivity contribution in [3.63, 3.8) is 0 Å². The van der Waals surface area contributed by atoms with E-state index in [2.05, 4.69) is 20.9 Å². The molecule has 17 heavy (non-hydrogen) atoms. The molecule has 1 heterocycles. The van der Waals surface area contributed by atoms with E-state index in [0.717, 1.165) is 10.0 Å². The maximum absolute atomic E-state index is 5.75. The summed E-state index contributed by atoms with van der Waals surface area (Å²) in [5.41, 5.74) is 7.21. The van der Waals surface area contributed by atoms with Gasteiger partial charge in [0.2, 0.25) is 5.88 Å². The molecular formula is C12H10BrClN2O. The SMILES string of the molecule is Nc1cc(Cl)cnc1OCc1ccccc1Br. The molecule has 0 saturated carbocycles. The van der Waals surface area contributed by atoms with E-state index in [-0.39, 0.29) is 0 Å². The lowest BCUT2D eigenvalue weighted by Crippen LogP contribution is -2.01. The second-order valence-electron chi connectivity index (χ2n) is 3.43. The summed E-state index contributed by atoms with van der Waals surface area (Å²) in [5.74, 6) is 0.394. The molecule has 0 saturated heterocycles. The van der Waals surface area contributed by atoms with E-state index in [1.165, 1.54) is 6.20 Å². The molecule has 2 N–H and O–H groups in total. The van der Waals surface area contributed by atoms with Gasteiger partial charge in [-0.1, -0.05) is 45.7 Å². The number of hydrogen-bond donors (Lipinski definition) is 1. The molecule has 0 aliphatic carbocycles. The van der Waals surface area contributed by atoms with Crippen LogP contribution in [0, 0.1) is 0 Å². The third-order valence-electron chi connectivity index (χ3n) is 2.17. The molecule has 88 valence electrons. The molecular weight excluding hydrogens is 304 g/mol. The van der Waals surface area contributed by atoms with Crippen molar-refractivity contribution in [2.75, 3.05) is 5.73 Å². The highest BCUT2D eigenvalue weighted by molar-refractivity contribution is 9.10. The third-order valence-corrected chi connectivity index (χ3v) is 3.15. The van der Waals surface area contributed by atoms with Gasteiger partial charge in [-0.2, -0.15) is 0 Å². The summed E-state index contributed by atoms with van der Waals surface area (Å²) in [7, 11) is 0. The van der Waals surface area contributed by atoms with Crippen LogP contribution in [-0.2, 0) is 6.61 Å². The number of aromatic nitrogens is 1. The van der Waals surface area contributed by atoms with Gasteiger partial charge in [-0.05, 0) is 12.1 Å². The minimum atomic E-state index is 0.394. The Labute approximate surface area is 113 Å². The lowest BCUT2D eigenvalue weighted by atomic mass is 10.2. The van der Waals surface area contributed by atoms with Crippen molar-refractivity contribution in [3.05, 3.63) is 51.6 Å². The average molecular weight is 314 g/mol. The fourth-order valence-electron chi connectivity index (χ4n) is 1.32. The van der Waals surface area contributed by atoms with E-state index in [9.17, 15) is 0 Å². The number of hydrogen-bond acceptors (Lipinski definition) is 3. The summed E-state index contributed by atoms with van der Waals surface area (Å²) >= 11 is 9.20. The van der Waals surface area contributed by atoms with Crippen molar-refractivity contribution >= 4 is 33.2 Å². The third kappa shape index (κ3) is 3.11. The lowest BCUT2D eigenvalue weighted by Gasteiger charge is -2.08. The van der Waals surface area contributed by atoms with E-state index in [4.69, 9.17) is 22.1 Å². The summed E-state index contributed by atoms with van der Waals surface area (Å²) in [5, 5.41) is 0.496. The van der Waals surface area contributed by atoms with Gasteiger partial charge in [0, 0.05) is 16.2 Å². The molecule has 0 spiro atoms. The lowest BCUT2D eigenvalue weighted by molar-refractivity contribution is 0.295. The van der Waals surface area contributed by atoms with Crippen LogP contribution in [0.15, 0.2) is 41.0 Å². The van der Waals surface area contributed by atoms with E-state index < -0.39 is 0 Å². The monoisotopic (exact) mass is 312 g/mol. The Bertz CT molecular complexity index is 534. The minimum Gasteiger partial charge on any atom is -0.471 e. The first-order valence-electron chi connectivity index (χ1n) is 4.94. The number of anilines is 1. The van der Waals surface area contributed by atoms with Crippen molar-refractivity contribution in [3.8, 4) is 5.88 Å². The van der Waals surface area contributed by atoms with E-state index in [1.54, 1.807) is 6.07 Å². The Balaban J connectivity index is 2.10. The second kappa shape index (κ2) is 5.38. The quantitative estimate of drug-likeness (QED) is 0.940. The number of halogens is 2. The van der Waals surface area contributed by atoms with E-state index in [1.807, 2.05) is 24.3 Å². The normalized spacial score (nSPS) is 10.2. The Morgan fingerprint density at radius 1 is 1.35 bits per heavy atom. The second-order valence-corrected chi connectivity index (χ2v) is 4.72. The van der Waals surface area contributed by atoms with Gasteiger partial charge >= 0.3 is 0 Å². The van der Waals surface area contributed by atoms with E-state index in [0.29, 0.717) is 23.2 Å². The zero-order valence-corrected chi connectivity index (χ0v) is 11.2. The van der Waals surface area contributed by atoms with Crippen molar-refractivity contribution in [2.45, 2.75) is 6.61 Å². The molecule has 0 fully saturated rings. The van der Waals surface area contributed by atoms with Crippen molar-refractivity contribution in [1.82, 2.24) is 4.98 Å². The average Bonchev–Trinajstić information content (AvgIpc) is 2.30. The summed E-state index contributed by atoms with van der Waals surface area (Å²) in [6, 6.07) is 9.43. The van der Waals surface area contributed by atoms with Crippen LogP contribution in [0.25, 0.3) is 0 Å². The minimum absolute atomic E-state index is 0.394. The maximum atomic E-state index is 5.75. The molecule has 0 radical (unpaired) electrons. The predicted molar refractivity (Wildman–Crippen MR) is 72.1 cm³/mol. The number of pyridine rings is 1. The number of nitrogens with zero attached hydrogens (tertiary/aromatic N) is 1. The molecule has 0 bridgehead atoms. The van der Waals surface area contributed by atoms with Crippen LogP contribution < -0.4 is 10.5 Å². The van der Waals surface area contributed by atoms with Crippen LogP contribution in [0.5, 0.6) is 5.88 Å². The van der Waals surface area contributed by atoms with Crippen molar-refractivity contribution in [1.29, 1.82) is 0 Å². The molecule has 0 amide bonds. The Hall–Kier alpha value is -1.26. The van der Waals surface area contributed by atoms with Gasteiger partial charge in [0.15, 0.2) is 0 Å². The van der Waals surface area contributed by atoms with Crippen molar-refractivity contribution < 1.29 is 4.74 Å². The van der Waals surface area contributed by atoms with Gasteiger partial charge in [-0.25, -0.2) is 4.98 Å². The Morgan fingerprint density at radius 2 is 2.12 bits per heavy atom. The van der Waals surface area contributed by atoms with Gasteiger partial charge in [-0.3, -0.25) is 0 Å². The van der Waals surface area contributed by atoms with Crippen LogP contribution in [-0.4, -0.2) is 4.98 Å². The van der Waals surface area contributed by atoms with Gasteiger partial charge < -0.3 is 10.5 Å². The molecule has 1 aromatic heterocycles. The Kier molecular flexibility index (Phi) is 3.86. The van der Waals surface area contributed by atoms with Crippen molar-refractivity contribution in [2.24, 2.45) is 0 Å². The number of ether oxygens (including phenoxy) is 1. The highest BCUT2D eigenvalue weighted by Crippen LogP contribution is 2.24. The zero-order valence-electron chi connectivity index (χ0n) is 8.86. The van der Waals surface area contributed by atoms with Crippen LogP contribution in [0.2, 0.25) is 5.02 Å². The fraction of sp³-hybridized carbons (Fsp3) is 0.0833. The summed E-state index contributed by atoms with van der Waals surface area (Å²) < 4.78 is 6.53. The standard InChI is InChI=1S/C12H10BrClN2O/c13-10-4-2-1-3-8(10)7-17-12-11(15)5-9(14)6-16-12/h1-6H,7,15H2. The summed E-state index contributed by atoms with van der Waals surface area (Å²) in [4.78, 5) is 4.03. The van der Waals surface area contributed by atoms with Crippen LogP contribution in [0.3, 0.4) is 0 Å². The van der Waals surface area contributed by atoms with Crippen LogP contribution in [0.1, 0.15) is 5.56 Å². The van der Waals surface area contributed by atoms with E-state index >= 15 is 0 Å². The number of nitrogens with two attached hydrogens (primary N) is 1. The molecule has 0 aliphatic rings. The molecule has 1 aromatic carbocycles. The van der Waals surface area contributed by atoms with Gasteiger partial charge in [0.1, 0.15) is 6.61 Å². The molecule has 3 nitrogen and oxygen atoms in total.